The molecule has 1 aliphatic rings. The Kier molecular flexibility index (Phi) is 5.89. The van der Waals surface area contributed by atoms with Crippen molar-refractivity contribution in [2.24, 2.45) is 7.05 Å². The van der Waals surface area contributed by atoms with Crippen LogP contribution in [0, 0.1) is 12.7 Å². The quantitative estimate of drug-likeness (QED) is 0.542. The third-order valence-corrected chi connectivity index (χ3v) is 7.90. The molecule has 8 nitrogen and oxygen atoms in total. The number of ether oxygens (including phenoxy) is 1. The molecule has 0 aliphatic heterocycles. The highest BCUT2D eigenvalue weighted by Crippen LogP contribution is 2.49. The summed E-state index contributed by atoms with van der Waals surface area (Å²) in [7, 11) is -2.56. The van der Waals surface area contributed by atoms with Gasteiger partial charge in [0.25, 0.3) is 15.9 Å². The van der Waals surface area contributed by atoms with Gasteiger partial charge in [-0.15, -0.1) is 10.2 Å². The Hall–Kier alpha value is -2.67. The Balaban J connectivity index is 1.68. The van der Waals surface area contributed by atoms with E-state index in [-0.39, 0.29) is 29.3 Å². The maximum atomic E-state index is 14.9. The molecule has 1 aromatic carbocycles. The van der Waals surface area contributed by atoms with Gasteiger partial charge in [0, 0.05) is 37.3 Å². The van der Waals surface area contributed by atoms with E-state index >= 15 is 0 Å². The number of rotatable bonds is 6. The number of aromatic nitrogens is 4. The number of anilines is 1. The largest absolute Gasteiger partial charge is 0.486 e. The normalized spacial score (nSPS) is 22.8. The van der Waals surface area contributed by atoms with Crippen LogP contribution in [-0.4, -0.2) is 39.9 Å². The van der Waals surface area contributed by atoms with E-state index in [1.54, 1.807) is 30.9 Å². The van der Waals surface area contributed by atoms with Gasteiger partial charge in [-0.2, -0.15) is 5.10 Å². The van der Waals surface area contributed by atoms with Crippen LogP contribution in [0.15, 0.2) is 34.8 Å². The number of aryl methyl sites for hydroxylation is 2. The fourth-order valence-corrected chi connectivity index (χ4v) is 6.11. The Morgan fingerprint density at radius 3 is 2.73 bits per heavy atom. The standard InChI is InChI=1S/C20H22F3N5O3S2/c1-12-8-17(33(29,30)27-18-26-24-11-32-18)14(21)9-16(12)31-19(2)10-20(22,23)6-4-13(19)15-5-7-25-28(15)3/h5,7-9,11,13H,4,6,10H2,1-3H3,(H,26,27)/t13-,19+/m1/s1. The van der Waals surface area contributed by atoms with Crippen molar-refractivity contribution in [2.75, 3.05) is 4.72 Å². The van der Waals surface area contributed by atoms with Gasteiger partial charge in [0.2, 0.25) is 5.13 Å². The third kappa shape index (κ3) is 4.69. The molecule has 0 bridgehead atoms. The number of alkyl halides is 2. The molecule has 2 atom stereocenters. The number of sulfonamides is 1. The number of benzene rings is 1. The fraction of sp³-hybridized carbons (Fsp3) is 0.450. The average Bonchev–Trinajstić information content (AvgIpc) is 3.35. The fourth-order valence-electron chi connectivity index (χ4n) is 4.27. The monoisotopic (exact) mass is 501 g/mol. The molecular formula is C20H22F3N5O3S2. The first-order valence-electron chi connectivity index (χ1n) is 10.0. The Labute approximate surface area is 192 Å². The summed E-state index contributed by atoms with van der Waals surface area (Å²) in [5.74, 6) is -4.45. The smallest absolute Gasteiger partial charge is 0.266 e. The van der Waals surface area contributed by atoms with Crippen LogP contribution in [0.1, 0.15) is 43.4 Å². The van der Waals surface area contributed by atoms with Crippen molar-refractivity contribution in [3.8, 4) is 5.75 Å². The topological polar surface area (TPSA) is 99.0 Å². The van der Waals surface area contributed by atoms with Gasteiger partial charge in [0.1, 0.15) is 27.6 Å². The van der Waals surface area contributed by atoms with Crippen molar-refractivity contribution < 1.29 is 26.3 Å². The van der Waals surface area contributed by atoms with E-state index in [1.807, 2.05) is 0 Å². The van der Waals surface area contributed by atoms with Crippen molar-refractivity contribution >= 4 is 26.5 Å². The molecule has 2 aromatic heterocycles. The molecule has 4 rings (SSSR count). The number of nitrogens with one attached hydrogen (secondary N) is 1. The summed E-state index contributed by atoms with van der Waals surface area (Å²) in [6.07, 6.45) is 0.861. The predicted octanol–water partition coefficient (Wildman–Crippen LogP) is 4.26. The lowest BCUT2D eigenvalue weighted by Crippen LogP contribution is -2.49. The number of hydrogen-bond donors (Lipinski definition) is 1. The van der Waals surface area contributed by atoms with Crippen molar-refractivity contribution in [1.82, 2.24) is 20.0 Å². The molecule has 13 heteroatoms. The van der Waals surface area contributed by atoms with Crippen LogP contribution in [-0.2, 0) is 17.1 Å². The molecule has 1 N–H and O–H groups in total. The number of hydrogen-bond acceptors (Lipinski definition) is 7. The van der Waals surface area contributed by atoms with Crippen LogP contribution in [0.25, 0.3) is 0 Å². The van der Waals surface area contributed by atoms with Gasteiger partial charge in [0.05, 0.1) is 6.42 Å². The summed E-state index contributed by atoms with van der Waals surface area (Å²) in [4.78, 5) is -0.607. The summed E-state index contributed by atoms with van der Waals surface area (Å²) < 4.78 is 78.8. The van der Waals surface area contributed by atoms with Crippen LogP contribution >= 0.6 is 11.3 Å². The van der Waals surface area contributed by atoms with E-state index in [4.69, 9.17) is 4.74 Å². The summed E-state index contributed by atoms with van der Waals surface area (Å²) >= 11 is 0.942. The molecule has 33 heavy (non-hydrogen) atoms. The van der Waals surface area contributed by atoms with Gasteiger partial charge in [-0.1, -0.05) is 11.3 Å². The van der Waals surface area contributed by atoms with Gasteiger partial charge in [-0.05, 0) is 38.0 Å². The van der Waals surface area contributed by atoms with Crippen LogP contribution in [0.4, 0.5) is 18.3 Å². The molecule has 0 saturated heterocycles. The zero-order chi connectivity index (χ0) is 24.0. The van der Waals surface area contributed by atoms with E-state index in [1.165, 1.54) is 12.4 Å². The van der Waals surface area contributed by atoms with E-state index in [2.05, 4.69) is 20.0 Å². The minimum Gasteiger partial charge on any atom is -0.486 e. The van der Waals surface area contributed by atoms with E-state index in [9.17, 15) is 21.6 Å². The minimum atomic E-state index is -4.28. The molecule has 1 fully saturated rings. The molecule has 0 amide bonds. The van der Waals surface area contributed by atoms with E-state index in [0.717, 1.165) is 29.2 Å². The first-order valence-corrected chi connectivity index (χ1v) is 12.4. The Morgan fingerprint density at radius 2 is 2.09 bits per heavy atom. The average molecular weight is 502 g/mol. The summed E-state index contributed by atoms with van der Waals surface area (Å²) in [5.41, 5.74) is 0.965. The summed E-state index contributed by atoms with van der Waals surface area (Å²) in [6, 6.07) is 3.78. The first kappa shape index (κ1) is 23.5. The molecule has 1 saturated carbocycles. The highest BCUT2D eigenvalue weighted by Gasteiger charge is 2.52. The summed E-state index contributed by atoms with van der Waals surface area (Å²) in [6.45, 7) is 3.10. The van der Waals surface area contributed by atoms with Crippen molar-refractivity contribution in [3.05, 3.63) is 47.0 Å². The second-order valence-corrected chi connectivity index (χ2v) is 10.8. The van der Waals surface area contributed by atoms with Crippen molar-refractivity contribution in [3.63, 3.8) is 0 Å². The highest BCUT2D eigenvalue weighted by molar-refractivity contribution is 7.93. The molecule has 0 radical (unpaired) electrons. The Morgan fingerprint density at radius 1 is 1.33 bits per heavy atom. The number of halogens is 3. The molecule has 0 spiro atoms. The van der Waals surface area contributed by atoms with Crippen LogP contribution < -0.4 is 9.46 Å². The highest BCUT2D eigenvalue weighted by atomic mass is 32.2. The van der Waals surface area contributed by atoms with Gasteiger partial charge in [-0.3, -0.25) is 9.40 Å². The van der Waals surface area contributed by atoms with Gasteiger partial charge < -0.3 is 4.74 Å². The lowest BCUT2D eigenvalue weighted by Gasteiger charge is -2.44. The van der Waals surface area contributed by atoms with E-state index < -0.39 is 44.6 Å². The third-order valence-electron chi connectivity index (χ3n) is 5.81. The second kappa shape index (κ2) is 8.28. The van der Waals surface area contributed by atoms with Gasteiger partial charge >= 0.3 is 0 Å². The van der Waals surface area contributed by atoms with Crippen LogP contribution in [0.3, 0.4) is 0 Å². The SMILES string of the molecule is Cc1cc(S(=O)(=O)Nc2nncs2)c(F)cc1O[C@@]1(C)CC(F)(F)CC[C@@H]1c1ccnn1C. The maximum absolute atomic E-state index is 14.9. The minimum absolute atomic E-state index is 0.00488. The van der Waals surface area contributed by atoms with E-state index in [0.29, 0.717) is 0 Å². The van der Waals surface area contributed by atoms with Crippen LogP contribution in [0.5, 0.6) is 5.75 Å². The lowest BCUT2D eigenvalue weighted by molar-refractivity contribution is -0.117. The predicted molar refractivity (Wildman–Crippen MR) is 116 cm³/mol. The first-order chi connectivity index (χ1) is 15.4. The molecule has 1 aliphatic carbocycles. The van der Waals surface area contributed by atoms with Crippen molar-refractivity contribution in [1.29, 1.82) is 0 Å². The number of nitrogens with zero attached hydrogens (tertiary/aromatic N) is 4. The Bertz CT molecular complexity index is 1260. The van der Waals surface area contributed by atoms with Crippen molar-refractivity contribution in [2.45, 2.75) is 55.4 Å². The summed E-state index contributed by atoms with van der Waals surface area (Å²) in [5, 5.41) is 11.2. The van der Waals surface area contributed by atoms with Crippen LogP contribution in [0.2, 0.25) is 0 Å². The molecule has 3 aromatic rings. The maximum Gasteiger partial charge on any atom is 0.266 e. The van der Waals surface area contributed by atoms with Gasteiger partial charge in [0.15, 0.2) is 0 Å². The zero-order valence-corrected chi connectivity index (χ0v) is 19.7. The zero-order valence-electron chi connectivity index (χ0n) is 18.0. The second-order valence-electron chi connectivity index (χ2n) is 8.32. The van der Waals surface area contributed by atoms with Gasteiger partial charge in [-0.25, -0.2) is 21.6 Å². The molecular weight excluding hydrogens is 479 g/mol. The molecule has 178 valence electrons. The lowest BCUT2D eigenvalue weighted by atomic mass is 9.73. The molecule has 2 heterocycles. The molecule has 0 unspecified atom stereocenters.